The number of benzene rings is 1. The molecule has 0 bridgehead atoms. The van der Waals surface area contributed by atoms with E-state index < -0.39 is 0 Å². The minimum absolute atomic E-state index is 0.240. The third-order valence-corrected chi connectivity index (χ3v) is 3.94. The van der Waals surface area contributed by atoms with E-state index in [9.17, 15) is 0 Å². The van der Waals surface area contributed by atoms with E-state index in [1.165, 1.54) is 12.0 Å². The number of hydrogen-bond donors (Lipinski definition) is 1. The molecule has 21 heavy (non-hydrogen) atoms. The first-order valence-electron chi connectivity index (χ1n) is 8.14. The van der Waals surface area contributed by atoms with Crippen LogP contribution in [0.15, 0.2) is 24.3 Å². The van der Waals surface area contributed by atoms with Crippen molar-refractivity contribution in [2.45, 2.75) is 52.6 Å². The number of hydrogen-bond acceptors (Lipinski definition) is 3. The van der Waals surface area contributed by atoms with Crippen molar-refractivity contribution in [2.75, 3.05) is 20.2 Å². The molecule has 0 heterocycles. The van der Waals surface area contributed by atoms with Gasteiger partial charge in [0.15, 0.2) is 0 Å². The minimum Gasteiger partial charge on any atom is -0.494 e. The van der Waals surface area contributed by atoms with Gasteiger partial charge in [0.2, 0.25) is 0 Å². The average Bonchev–Trinajstić information content (AvgIpc) is 2.45. The molecule has 0 amide bonds. The maximum absolute atomic E-state index is 6.04. The molecule has 1 aromatic rings. The zero-order valence-corrected chi connectivity index (χ0v) is 14.3. The van der Waals surface area contributed by atoms with Crippen molar-refractivity contribution in [1.82, 2.24) is 4.90 Å². The van der Waals surface area contributed by atoms with Gasteiger partial charge in [-0.15, -0.1) is 0 Å². The molecule has 3 heteroatoms. The molecule has 3 nitrogen and oxygen atoms in total. The predicted molar refractivity (Wildman–Crippen MR) is 90.7 cm³/mol. The summed E-state index contributed by atoms with van der Waals surface area (Å²) in [6.07, 6.45) is 2.20. The van der Waals surface area contributed by atoms with Gasteiger partial charge >= 0.3 is 0 Å². The molecule has 0 saturated carbocycles. The normalized spacial score (nSPS) is 14.5. The molecule has 120 valence electrons. The average molecular weight is 292 g/mol. The van der Waals surface area contributed by atoms with Gasteiger partial charge < -0.3 is 10.5 Å². The Morgan fingerprint density at radius 1 is 1.24 bits per heavy atom. The molecule has 0 aliphatic carbocycles. The van der Waals surface area contributed by atoms with Gasteiger partial charge in [-0.05, 0) is 50.4 Å². The Labute approximate surface area is 130 Å². The van der Waals surface area contributed by atoms with Crippen LogP contribution in [0, 0.1) is 5.92 Å². The second-order valence-electron chi connectivity index (χ2n) is 6.32. The highest BCUT2D eigenvalue weighted by atomic mass is 16.5. The van der Waals surface area contributed by atoms with Gasteiger partial charge in [0.05, 0.1) is 6.61 Å². The topological polar surface area (TPSA) is 38.5 Å². The first-order valence-corrected chi connectivity index (χ1v) is 8.14. The smallest absolute Gasteiger partial charge is 0.119 e. The summed E-state index contributed by atoms with van der Waals surface area (Å²) in [6.45, 7) is 10.3. The molecule has 0 aliphatic heterocycles. The van der Waals surface area contributed by atoms with Crippen LogP contribution >= 0.6 is 0 Å². The highest BCUT2D eigenvalue weighted by Gasteiger charge is 2.21. The second-order valence-corrected chi connectivity index (χ2v) is 6.32. The number of ether oxygens (including phenoxy) is 1. The summed E-state index contributed by atoms with van der Waals surface area (Å²) in [5.41, 5.74) is 7.28. The molecule has 1 rings (SSSR count). The van der Waals surface area contributed by atoms with Gasteiger partial charge in [-0.2, -0.15) is 0 Å². The number of rotatable bonds is 9. The lowest BCUT2D eigenvalue weighted by molar-refractivity contribution is 0.168. The SMILES string of the molecule is CCCOc1cccc(C(CN)N(C)C(C)CC(C)C)c1. The van der Waals surface area contributed by atoms with Gasteiger partial charge in [0.1, 0.15) is 5.75 Å². The largest absolute Gasteiger partial charge is 0.494 e. The van der Waals surface area contributed by atoms with Crippen molar-refractivity contribution in [3.05, 3.63) is 29.8 Å². The van der Waals surface area contributed by atoms with Crippen molar-refractivity contribution in [3.63, 3.8) is 0 Å². The first-order chi connectivity index (χ1) is 9.99. The van der Waals surface area contributed by atoms with Crippen LogP contribution in [0.1, 0.15) is 52.1 Å². The fraction of sp³-hybridized carbons (Fsp3) is 0.667. The van der Waals surface area contributed by atoms with Crippen molar-refractivity contribution in [1.29, 1.82) is 0 Å². The minimum atomic E-state index is 0.240. The van der Waals surface area contributed by atoms with Crippen molar-refractivity contribution >= 4 is 0 Å². The van der Waals surface area contributed by atoms with Crippen LogP contribution < -0.4 is 10.5 Å². The van der Waals surface area contributed by atoms with Crippen LogP contribution in [0.3, 0.4) is 0 Å². The number of nitrogens with zero attached hydrogens (tertiary/aromatic N) is 1. The molecule has 0 radical (unpaired) electrons. The van der Waals surface area contributed by atoms with E-state index in [1.807, 2.05) is 6.07 Å². The molecular formula is C18H32N2O. The first kappa shape index (κ1) is 18.0. The standard InChI is InChI=1S/C18H32N2O/c1-6-10-21-17-9-7-8-16(12-17)18(13-19)20(5)15(4)11-14(2)3/h7-9,12,14-15,18H,6,10-11,13,19H2,1-5H3. The molecule has 0 spiro atoms. The van der Waals surface area contributed by atoms with Crippen LogP contribution in [0.5, 0.6) is 5.75 Å². The summed E-state index contributed by atoms with van der Waals surface area (Å²) in [5.74, 6) is 1.64. The summed E-state index contributed by atoms with van der Waals surface area (Å²) in [5, 5.41) is 0. The molecule has 0 fully saturated rings. The van der Waals surface area contributed by atoms with Gasteiger partial charge in [0, 0.05) is 18.6 Å². The van der Waals surface area contributed by atoms with E-state index in [0.717, 1.165) is 18.8 Å². The van der Waals surface area contributed by atoms with E-state index in [0.29, 0.717) is 18.5 Å². The lowest BCUT2D eigenvalue weighted by atomic mass is 9.99. The van der Waals surface area contributed by atoms with Crippen LogP contribution in [0.2, 0.25) is 0 Å². The predicted octanol–water partition coefficient (Wildman–Crippen LogP) is 3.84. The maximum Gasteiger partial charge on any atom is 0.119 e. The van der Waals surface area contributed by atoms with E-state index in [-0.39, 0.29) is 6.04 Å². The zero-order valence-electron chi connectivity index (χ0n) is 14.3. The molecule has 2 unspecified atom stereocenters. The third kappa shape index (κ3) is 5.68. The Hall–Kier alpha value is -1.06. The Bertz CT molecular complexity index is 406. The Kier molecular flexibility index (Phi) is 7.76. The van der Waals surface area contributed by atoms with Gasteiger partial charge in [-0.3, -0.25) is 4.90 Å². The van der Waals surface area contributed by atoms with Gasteiger partial charge in [-0.1, -0.05) is 32.9 Å². The molecular weight excluding hydrogens is 260 g/mol. The second kappa shape index (κ2) is 9.06. The van der Waals surface area contributed by atoms with E-state index in [2.05, 4.69) is 57.8 Å². The van der Waals surface area contributed by atoms with Crippen molar-refractivity contribution < 1.29 is 4.74 Å². The van der Waals surface area contributed by atoms with E-state index in [1.54, 1.807) is 0 Å². The maximum atomic E-state index is 6.04. The molecule has 2 N–H and O–H groups in total. The van der Waals surface area contributed by atoms with Crippen molar-refractivity contribution in [2.24, 2.45) is 11.7 Å². The Balaban J connectivity index is 2.83. The fourth-order valence-electron chi connectivity index (χ4n) is 2.72. The lowest BCUT2D eigenvalue weighted by Gasteiger charge is -2.33. The molecule has 1 aromatic carbocycles. The zero-order chi connectivity index (χ0) is 15.8. The molecule has 0 aliphatic rings. The number of likely N-dealkylation sites (N-methyl/N-ethyl adjacent to an activating group) is 1. The summed E-state index contributed by atoms with van der Waals surface area (Å²) in [4.78, 5) is 2.39. The van der Waals surface area contributed by atoms with Crippen LogP contribution in [-0.4, -0.2) is 31.1 Å². The van der Waals surface area contributed by atoms with Gasteiger partial charge in [0.25, 0.3) is 0 Å². The van der Waals surface area contributed by atoms with Crippen molar-refractivity contribution in [3.8, 4) is 5.75 Å². The monoisotopic (exact) mass is 292 g/mol. The highest BCUT2D eigenvalue weighted by molar-refractivity contribution is 5.31. The third-order valence-electron chi connectivity index (χ3n) is 3.94. The molecule has 2 atom stereocenters. The fourth-order valence-corrected chi connectivity index (χ4v) is 2.72. The lowest BCUT2D eigenvalue weighted by Crippen LogP contribution is -2.37. The van der Waals surface area contributed by atoms with Crippen LogP contribution in [-0.2, 0) is 0 Å². The van der Waals surface area contributed by atoms with Crippen LogP contribution in [0.25, 0.3) is 0 Å². The van der Waals surface area contributed by atoms with Gasteiger partial charge in [-0.25, -0.2) is 0 Å². The Morgan fingerprint density at radius 2 is 1.95 bits per heavy atom. The van der Waals surface area contributed by atoms with E-state index in [4.69, 9.17) is 10.5 Å². The summed E-state index contributed by atoms with van der Waals surface area (Å²) in [7, 11) is 2.17. The Morgan fingerprint density at radius 3 is 2.52 bits per heavy atom. The molecule has 0 aromatic heterocycles. The van der Waals surface area contributed by atoms with E-state index >= 15 is 0 Å². The molecule has 0 saturated heterocycles. The summed E-state index contributed by atoms with van der Waals surface area (Å²) >= 11 is 0. The quantitative estimate of drug-likeness (QED) is 0.751. The summed E-state index contributed by atoms with van der Waals surface area (Å²) < 4.78 is 5.74. The highest BCUT2D eigenvalue weighted by Crippen LogP contribution is 2.26. The van der Waals surface area contributed by atoms with Crippen LogP contribution in [0.4, 0.5) is 0 Å². The number of nitrogens with two attached hydrogens (primary N) is 1. The summed E-state index contributed by atoms with van der Waals surface area (Å²) in [6, 6.07) is 9.11.